The number of ether oxygens (including phenoxy) is 2. The standard InChI is InChI=1S/C12H15NO5S/c1-6(2)7-5-8(17-3)10(18-4)11-9(7)12(14)13-19(11,15)16/h5-6H,1-4H3,(H,13,14). The fourth-order valence-electron chi connectivity index (χ4n) is 2.15. The number of methoxy groups -OCH3 is 2. The summed E-state index contributed by atoms with van der Waals surface area (Å²) in [5, 5.41) is 0. The lowest BCUT2D eigenvalue weighted by Gasteiger charge is -2.15. The first-order valence-electron chi connectivity index (χ1n) is 5.69. The van der Waals surface area contributed by atoms with Crippen LogP contribution in [0.25, 0.3) is 0 Å². The van der Waals surface area contributed by atoms with Crippen LogP contribution in [-0.2, 0) is 10.0 Å². The molecule has 1 aliphatic heterocycles. The summed E-state index contributed by atoms with van der Waals surface area (Å²) in [4.78, 5) is 11.8. The van der Waals surface area contributed by atoms with Crippen LogP contribution in [0.1, 0.15) is 35.7 Å². The Kier molecular flexibility index (Phi) is 3.17. The Morgan fingerprint density at radius 3 is 2.32 bits per heavy atom. The van der Waals surface area contributed by atoms with Gasteiger partial charge >= 0.3 is 0 Å². The zero-order chi connectivity index (χ0) is 14.4. The number of nitrogens with one attached hydrogen (secondary N) is 1. The van der Waals surface area contributed by atoms with Gasteiger partial charge in [-0.2, -0.15) is 0 Å². The van der Waals surface area contributed by atoms with Crippen molar-refractivity contribution in [2.45, 2.75) is 24.7 Å². The molecule has 7 heteroatoms. The Bertz CT molecular complexity index is 649. The SMILES string of the molecule is COc1cc(C(C)C)c2c(c1OC)S(=O)(=O)NC2=O. The van der Waals surface area contributed by atoms with Crippen LogP contribution in [0.15, 0.2) is 11.0 Å². The molecule has 0 atom stereocenters. The third-order valence-corrected chi connectivity index (χ3v) is 4.38. The fraction of sp³-hybridized carbons (Fsp3) is 0.417. The number of amides is 1. The lowest BCUT2D eigenvalue weighted by molar-refractivity contribution is 0.0983. The first kappa shape index (κ1) is 13.7. The summed E-state index contributed by atoms with van der Waals surface area (Å²) in [5.41, 5.74) is 0.763. The van der Waals surface area contributed by atoms with Gasteiger partial charge in [0.05, 0.1) is 19.8 Å². The Labute approximate surface area is 111 Å². The van der Waals surface area contributed by atoms with Crippen LogP contribution in [0, 0.1) is 0 Å². The highest BCUT2D eigenvalue weighted by Gasteiger charge is 2.40. The summed E-state index contributed by atoms with van der Waals surface area (Å²) in [6.45, 7) is 3.75. The van der Waals surface area contributed by atoms with Crippen molar-refractivity contribution in [3.05, 3.63) is 17.2 Å². The van der Waals surface area contributed by atoms with Gasteiger partial charge in [-0.3, -0.25) is 4.79 Å². The maximum absolute atomic E-state index is 12.0. The molecule has 0 radical (unpaired) electrons. The van der Waals surface area contributed by atoms with Crippen LogP contribution in [-0.4, -0.2) is 28.5 Å². The zero-order valence-electron chi connectivity index (χ0n) is 11.1. The van der Waals surface area contributed by atoms with Crippen molar-refractivity contribution in [3.8, 4) is 11.5 Å². The van der Waals surface area contributed by atoms with Crippen LogP contribution in [0.4, 0.5) is 0 Å². The predicted molar refractivity (Wildman–Crippen MR) is 68.3 cm³/mol. The average molecular weight is 285 g/mol. The second-order valence-corrected chi connectivity index (χ2v) is 6.11. The second-order valence-electron chi connectivity index (χ2n) is 4.49. The highest BCUT2D eigenvalue weighted by Crippen LogP contribution is 2.43. The van der Waals surface area contributed by atoms with E-state index < -0.39 is 15.9 Å². The Hall–Kier alpha value is -1.76. The van der Waals surface area contributed by atoms with Crippen LogP contribution in [0.3, 0.4) is 0 Å². The van der Waals surface area contributed by atoms with Gasteiger partial charge in [0.1, 0.15) is 4.90 Å². The van der Waals surface area contributed by atoms with Gasteiger partial charge in [0.2, 0.25) is 0 Å². The van der Waals surface area contributed by atoms with E-state index in [0.717, 1.165) is 0 Å². The van der Waals surface area contributed by atoms with Crippen LogP contribution < -0.4 is 14.2 Å². The number of benzene rings is 1. The topological polar surface area (TPSA) is 81.7 Å². The molecule has 0 aliphatic carbocycles. The smallest absolute Gasteiger partial charge is 0.268 e. The number of rotatable bonds is 3. The molecule has 1 aromatic carbocycles. The molecular formula is C12H15NO5S. The monoisotopic (exact) mass is 285 g/mol. The van der Waals surface area contributed by atoms with Crippen molar-refractivity contribution in [1.82, 2.24) is 4.72 Å². The zero-order valence-corrected chi connectivity index (χ0v) is 11.9. The molecule has 0 fully saturated rings. The summed E-state index contributed by atoms with van der Waals surface area (Å²) in [6.07, 6.45) is 0. The molecule has 6 nitrogen and oxygen atoms in total. The average Bonchev–Trinajstić information content (AvgIpc) is 2.58. The molecule has 2 rings (SSSR count). The van der Waals surface area contributed by atoms with Gasteiger partial charge in [-0.1, -0.05) is 13.8 Å². The van der Waals surface area contributed by atoms with Gasteiger partial charge in [-0.25, -0.2) is 13.1 Å². The van der Waals surface area contributed by atoms with Crippen molar-refractivity contribution in [2.24, 2.45) is 0 Å². The van der Waals surface area contributed by atoms with Gasteiger partial charge in [0.25, 0.3) is 15.9 Å². The molecular weight excluding hydrogens is 270 g/mol. The van der Waals surface area contributed by atoms with E-state index in [4.69, 9.17) is 9.47 Å². The van der Waals surface area contributed by atoms with Crippen molar-refractivity contribution in [2.75, 3.05) is 14.2 Å². The van der Waals surface area contributed by atoms with Crippen molar-refractivity contribution >= 4 is 15.9 Å². The maximum Gasteiger partial charge on any atom is 0.268 e. The van der Waals surface area contributed by atoms with Gasteiger partial charge in [0.15, 0.2) is 11.5 Å². The summed E-state index contributed by atoms with van der Waals surface area (Å²) in [6, 6.07) is 1.64. The molecule has 1 N–H and O–H groups in total. The molecule has 19 heavy (non-hydrogen) atoms. The quantitative estimate of drug-likeness (QED) is 0.904. The first-order chi connectivity index (χ1) is 8.83. The predicted octanol–water partition coefficient (Wildman–Crippen LogP) is 1.26. The van der Waals surface area contributed by atoms with E-state index in [2.05, 4.69) is 0 Å². The molecule has 1 heterocycles. The fourth-order valence-corrected chi connectivity index (χ4v) is 3.51. The molecule has 0 saturated heterocycles. The molecule has 1 aliphatic rings. The summed E-state index contributed by atoms with van der Waals surface area (Å²) >= 11 is 0. The number of carbonyl (C=O) groups is 1. The largest absolute Gasteiger partial charge is 0.493 e. The Morgan fingerprint density at radius 2 is 1.84 bits per heavy atom. The minimum atomic E-state index is -3.89. The Morgan fingerprint density at radius 1 is 1.21 bits per heavy atom. The molecule has 0 aromatic heterocycles. The molecule has 0 saturated carbocycles. The number of sulfonamides is 1. The summed E-state index contributed by atoms with van der Waals surface area (Å²) < 4.78 is 36.3. The molecule has 1 amide bonds. The van der Waals surface area contributed by atoms with Gasteiger partial charge in [-0.15, -0.1) is 0 Å². The summed E-state index contributed by atoms with van der Waals surface area (Å²) in [7, 11) is -1.13. The van der Waals surface area contributed by atoms with E-state index in [1.165, 1.54) is 14.2 Å². The first-order valence-corrected chi connectivity index (χ1v) is 7.17. The van der Waals surface area contributed by atoms with E-state index >= 15 is 0 Å². The Balaban J connectivity index is 2.94. The van der Waals surface area contributed by atoms with Gasteiger partial charge in [0, 0.05) is 0 Å². The molecule has 0 bridgehead atoms. The summed E-state index contributed by atoms with van der Waals surface area (Å²) in [5.74, 6) is -0.294. The second kappa shape index (κ2) is 4.41. The molecule has 1 aromatic rings. The normalized spacial score (nSPS) is 16.2. The number of carbonyl (C=O) groups excluding carboxylic acids is 1. The third-order valence-electron chi connectivity index (χ3n) is 3.00. The van der Waals surface area contributed by atoms with Crippen LogP contribution in [0.2, 0.25) is 0 Å². The van der Waals surface area contributed by atoms with Crippen molar-refractivity contribution < 1.29 is 22.7 Å². The van der Waals surface area contributed by atoms with E-state index in [1.807, 2.05) is 18.6 Å². The van der Waals surface area contributed by atoms with E-state index in [0.29, 0.717) is 11.3 Å². The van der Waals surface area contributed by atoms with Gasteiger partial charge < -0.3 is 9.47 Å². The molecule has 0 unspecified atom stereocenters. The van der Waals surface area contributed by atoms with E-state index in [9.17, 15) is 13.2 Å². The van der Waals surface area contributed by atoms with Crippen molar-refractivity contribution in [3.63, 3.8) is 0 Å². The maximum atomic E-state index is 12.0. The van der Waals surface area contributed by atoms with E-state index in [1.54, 1.807) is 6.07 Å². The van der Waals surface area contributed by atoms with Crippen LogP contribution >= 0.6 is 0 Å². The third kappa shape index (κ3) is 1.94. The lowest BCUT2D eigenvalue weighted by Crippen LogP contribution is -2.21. The number of fused-ring (bicyclic) bond motifs is 1. The van der Waals surface area contributed by atoms with E-state index in [-0.39, 0.29) is 22.1 Å². The van der Waals surface area contributed by atoms with Gasteiger partial charge in [-0.05, 0) is 17.5 Å². The van der Waals surface area contributed by atoms with Crippen molar-refractivity contribution in [1.29, 1.82) is 0 Å². The minimum Gasteiger partial charge on any atom is -0.493 e. The lowest BCUT2D eigenvalue weighted by atomic mass is 9.96. The molecule has 0 spiro atoms. The molecule has 104 valence electrons. The van der Waals surface area contributed by atoms with Crippen LogP contribution in [0.5, 0.6) is 11.5 Å². The number of hydrogen-bond donors (Lipinski definition) is 1. The minimum absolute atomic E-state index is 0.0207. The highest BCUT2D eigenvalue weighted by molar-refractivity contribution is 7.90. The highest BCUT2D eigenvalue weighted by atomic mass is 32.2. The number of hydrogen-bond acceptors (Lipinski definition) is 5.